The predicted molar refractivity (Wildman–Crippen MR) is 62.2 cm³/mol. The maximum atomic E-state index is 10.7. The Morgan fingerprint density at radius 2 is 2.44 bits per heavy atom. The lowest BCUT2D eigenvalue weighted by atomic mass is 10.2. The van der Waals surface area contributed by atoms with E-state index in [9.17, 15) is 4.79 Å². The molecule has 1 N–H and O–H groups in total. The number of aromatic carboxylic acids is 1. The number of anilines is 1. The van der Waals surface area contributed by atoms with E-state index >= 15 is 0 Å². The Balaban J connectivity index is 2.14. The number of aromatic nitrogens is 1. The molecule has 1 aromatic rings. The van der Waals surface area contributed by atoms with Crippen LogP contribution < -0.4 is 4.90 Å². The molecule has 2 rings (SSSR count). The second kappa shape index (κ2) is 4.01. The molecule has 0 saturated carbocycles. The Morgan fingerprint density at radius 1 is 1.69 bits per heavy atom. The van der Waals surface area contributed by atoms with E-state index < -0.39 is 5.97 Å². The smallest absolute Gasteiger partial charge is 0.357 e. The van der Waals surface area contributed by atoms with Crippen LogP contribution in [0.3, 0.4) is 0 Å². The summed E-state index contributed by atoms with van der Waals surface area (Å²) in [5, 5.41) is 8.75. The van der Waals surface area contributed by atoms with E-state index in [1.165, 1.54) is 6.26 Å². The predicted octanol–water partition coefficient (Wildman–Crippen LogP) is 1.70. The van der Waals surface area contributed by atoms with Crippen LogP contribution in [0, 0.1) is 0 Å². The van der Waals surface area contributed by atoms with Gasteiger partial charge in [-0.1, -0.05) is 0 Å². The summed E-state index contributed by atoms with van der Waals surface area (Å²) in [4.78, 5) is 16.6. The van der Waals surface area contributed by atoms with E-state index in [1.54, 1.807) is 0 Å². The largest absolute Gasteiger partial charge is 0.476 e. The van der Waals surface area contributed by atoms with Crippen molar-refractivity contribution in [1.82, 2.24) is 4.98 Å². The van der Waals surface area contributed by atoms with Crippen molar-refractivity contribution in [1.29, 1.82) is 0 Å². The number of hydrogen-bond acceptors (Lipinski definition) is 5. The quantitative estimate of drug-likeness (QED) is 0.851. The Hall–Kier alpha value is -1.17. The second-order valence-corrected chi connectivity index (χ2v) is 6.15. The van der Waals surface area contributed by atoms with Crippen molar-refractivity contribution in [3.63, 3.8) is 0 Å². The summed E-state index contributed by atoms with van der Waals surface area (Å²) in [6, 6.07) is 0.408. The highest BCUT2D eigenvalue weighted by molar-refractivity contribution is 8.00. The lowest BCUT2D eigenvalue weighted by molar-refractivity contribution is 0.0690. The van der Waals surface area contributed by atoms with E-state index in [-0.39, 0.29) is 10.4 Å². The zero-order valence-electron chi connectivity index (χ0n) is 9.27. The van der Waals surface area contributed by atoms with Crippen LogP contribution in [0.2, 0.25) is 0 Å². The van der Waals surface area contributed by atoms with Crippen molar-refractivity contribution < 1.29 is 14.3 Å². The molecule has 1 aliphatic heterocycles. The maximum Gasteiger partial charge on any atom is 0.357 e. The summed E-state index contributed by atoms with van der Waals surface area (Å²) in [6.45, 7) is 5.97. The van der Waals surface area contributed by atoms with E-state index in [1.807, 2.05) is 16.7 Å². The van der Waals surface area contributed by atoms with Gasteiger partial charge in [0.1, 0.15) is 6.26 Å². The number of rotatable bonds is 2. The first-order valence-electron chi connectivity index (χ1n) is 5.06. The van der Waals surface area contributed by atoms with Gasteiger partial charge in [-0.05, 0) is 13.8 Å². The normalized spacial score (nSPS) is 19.8. The molecule has 0 amide bonds. The summed E-state index contributed by atoms with van der Waals surface area (Å²) in [5.41, 5.74) is -0.0361. The molecule has 6 heteroatoms. The van der Waals surface area contributed by atoms with Crippen LogP contribution >= 0.6 is 11.8 Å². The number of carboxylic acids is 1. The van der Waals surface area contributed by atoms with Gasteiger partial charge in [-0.15, -0.1) is 0 Å². The highest BCUT2D eigenvalue weighted by Crippen LogP contribution is 2.31. The Labute approximate surface area is 97.8 Å². The molecule has 2 heterocycles. The Kier molecular flexibility index (Phi) is 2.84. The standard InChI is InChI=1S/C10H14N2O3S/c1-10(2)6-12(3-4-16-10)9-11-7(5-15-9)8(13)14/h5H,3-4,6H2,1-2H3,(H,13,14). The third-order valence-electron chi connectivity index (χ3n) is 2.41. The number of hydrogen-bond donors (Lipinski definition) is 1. The first kappa shape index (κ1) is 11.3. The van der Waals surface area contributed by atoms with Gasteiger partial charge in [0.25, 0.3) is 6.01 Å². The summed E-state index contributed by atoms with van der Waals surface area (Å²) in [6.07, 6.45) is 1.19. The van der Waals surface area contributed by atoms with Crippen LogP contribution in [0.25, 0.3) is 0 Å². The molecule has 1 aromatic heterocycles. The van der Waals surface area contributed by atoms with Gasteiger partial charge < -0.3 is 14.4 Å². The monoisotopic (exact) mass is 242 g/mol. The van der Waals surface area contributed by atoms with E-state index in [2.05, 4.69) is 18.8 Å². The fraction of sp³-hybridized carbons (Fsp3) is 0.600. The van der Waals surface area contributed by atoms with E-state index in [0.29, 0.717) is 6.01 Å². The Bertz CT molecular complexity index is 403. The molecule has 5 nitrogen and oxygen atoms in total. The van der Waals surface area contributed by atoms with Crippen LogP contribution in [0.15, 0.2) is 10.7 Å². The molecule has 0 bridgehead atoms. The van der Waals surface area contributed by atoms with Gasteiger partial charge in [0.15, 0.2) is 5.69 Å². The number of carboxylic acid groups (broad SMARTS) is 1. The van der Waals surface area contributed by atoms with Gasteiger partial charge in [0.2, 0.25) is 0 Å². The molecule has 0 atom stereocenters. The van der Waals surface area contributed by atoms with Crippen LogP contribution in [0.1, 0.15) is 24.3 Å². The minimum Gasteiger partial charge on any atom is -0.476 e. The lowest BCUT2D eigenvalue weighted by Crippen LogP contribution is -2.43. The zero-order valence-corrected chi connectivity index (χ0v) is 10.1. The second-order valence-electron chi connectivity index (χ2n) is 4.35. The molecular weight excluding hydrogens is 228 g/mol. The van der Waals surface area contributed by atoms with Crippen LogP contribution in [0.4, 0.5) is 6.01 Å². The molecule has 0 aromatic carbocycles. The Morgan fingerprint density at radius 3 is 3.00 bits per heavy atom. The van der Waals surface area contributed by atoms with Gasteiger partial charge in [0.05, 0.1) is 0 Å². The topological polar surface area (TPSA) is 66.6 Å². The molecule has 0 spiro atoms. The zero-order chi connectivity index (χ0) is 11.8. The molecule has 88 valence electrons. The molecular formula is C10H14N2O3S. The molecule has 1 saturated heterocycles. The fourth-order valence-electron chi connectivity index (χ4n) is 1.69. The van der Waals surface area contributed by atoms with E-state index in [0.717, 1.165) is 18.8 Å². The summed E-state index contributed by atoms with van der Waals surface area (Å²) < 4.78 is 5.33. The molecule has 1 fully saturated rings. The first-order chi connectivity index (χ1) is 7.48. The molecule has 0 radical (unpaired) electrons. The fourth-order valence-corrected chi connectivity index (χ4v) is 2.80. The van der Waals surface area contributed by atoms with Crippen molar-refractivity contribution in [2.75, 3.05) is 23.7 Å². The van der Waals surface area contributed by atoms with Crippen LogP contribution in [-0.4, -0.2) is 39.6 Å². The molecule has 16 heavy (non-hydrogen) atoms. The van der Waals surface area contributed by atoms with Gasteiger partial charge in [-0.3, -0.25) is 0 Å². The summed E-state index contributed by atoms with van der Waals surface area (Å²) in [5.74, 6) is -0.0572. The average molecular weight is 242 g/mol. The number of carbonyl (C=O) groups is 1. The van der Waals surface area contributed by atoms with Crippen molar-refractivity contribution in [3.05, 3.63) is 12.0 Å². The molecule has 0 unspecified atom stereocenters. The van der Waals surface area contributed by atoms with Crippen molar-refractivity contribution >= 4 is 23.7 Å². The van der Waals surface area contributed by atoms with Crippen molar-refractivity contribution in [2.45, 2.75) is 18.6 Å². The lowest BCUT2D eigenvalue weighted by Gasteiger charge is -2.36. The van der Waals surface area contributed by atoms with Crippen LogP contribution in [-0.2, 0) is 0 Å². The first-order valence-corrected chi connectivity index (χ1v) is 6.04. The van der Waals surface area contributed by atoms with Gasteiger partial charge in [0, 0.05) is 23.6 Å². The molecule has 0 aliphatic carbocycles. The maximum absolute atomic E-state index is 10.7. The molecule has 1 aliphatic rings. The summed E-state index contributed by atoms with van der Waals surface area (Å²) >= 11 is 1.90. The van der Waals surface area contributed by atoms with Gasteiger partial charge in [-0.25, -0.2) is 4.79 Å². The van der Waals surface area contributed by atoms with Gasteiger partial charge in [-0.2, -0.15) is 16.7 Å². The van der Waals surface area contributed by atoms with Crippen molar-refractivity contribution in [2.24, 2.45) is 0 Å². The van der Waals surface area contributed by atoms with E-state index in [4.69, 9.17) is 9.52 Å². The number of thioether (sulfide) groups is 1. The summed E-state index contributed by atoms with van der Waals surface area (Å²) in [7, 11) is 0. The van der Waals surface area contributed by atoms with Crippen molar-refractivity contribution in [3.8, 4) is 0 Å². The SMILES string of the molecule is CC1(C)CN(c2nc(C(=O)O)co2)CCS1. The van der Waals surface area contributed by atoms with Gasteiger partial charge >= 0.3 is 5.97 Å². The minimum absolute atomic E-state index is 0.0361. The third kappa shape index (κ3) is 2.32. The average Bonchev–Trinajstić information content (AvgIpc) is 2.64. The number of oxazole rings is 1. The number of nitrogens with zero attached hydrogens (tertiary/aromatic N) is 2. The minimum atomic E-state index is -1.05. The van der Waals surface area contributed by atoms with Crippen LogP contribution in [0.5, 0.6) is 0 Å². The third-order valence-corrected chi connectivity index (χ3v) is 3.70. The highest BCUT2D eigenvalue weighted by atomic mass is 32.2. The highest BCUT2D eigenvalue weighted by Gasteiger charge is 2.29.